The Morgan fingerprint density at radius 3 is 2.60 bits per heavy atom. The number of hydrogen-bond donors (Lipinski definition) is 2. The Kier molecular flexibility index (Phi) is 5.06. The predicted molar refractivity (Wildman–Crippen MR) is 77.1 cm³/mol. The van der Waals surface area contributed by atoms with E-state index in [0.717, 1.165) is 0 Å². The minimum atomic E-state index is -0.742. The molecule has 0 radical (unpaired) electrons. The molecule has 1 amide bonds. The standard InChI is InChI=1S/C14H13Cl2NO3/c15-10-6-9(7-11(16)8-10)14(19)17-4-3-12(18)13-2-1-5-20-13/h1-2,5-8,12,18H,3-4H2,(H,17,19). The second-order valence-electron chi connectivity index (χ2n) is 4.23. The van der Waals surface area contributed by atoms with E-state index in [1.54, 1.807) is 18.2 Å². The Balaban J connectivity index is 1.86. The van der Waals surface area contributed by atoms with Gasteiger partial charge in [-0.05, 0) is 36.8 Å². The zero-order valence-corrected chi connectivity index (χ0v) is 12.0. The zero-order valence-electron chi connectivity index (χ0n) is 10.5. The van der Waals surface area contributed by atoms with E-state index < -0.39 is 6.10 Å². The third-order valence-corrected chi connectivity index (χ3v) is 3.14. The quantitative estimate of drug-likeness (QED) is 0.888. The lowest BCUT2D eigenvalue weighted by atomic mass is 10.2. The fourth-order valence-electron chi connectivity index (χ4n) is 1.73. The average Bonchev–Trinajstić information content (AvgIpc) is 2.91. The normalized spacial score (nSPS) is 12.2. The van der Waals surface area contributed by atoms with Crippen molar-refractivity contribution in [2.75, 3.05) is 6.54 Å². The first kappa shape index (κ1) is 14.9. The lowest BCUT2D eigenvalue weighted by Gasteiger charge is -2.09. The maximum Gasteiger partial charge on any atom is 0.251 e. The van der Waals surface area contributed by atoms with Gasteiger partial charge in [0.2, 0.25) is 0 Å². The summed E-state index contributed by atoms with van der Waals surface area (Å²) in [5.41, 5.74) is 0.384. The summed E-state index contributed by atoms with van der Waals surface area (Å²) in [6, 6.07) is 8.01. The molecule has 4 nitrogen and oxygen atoms in total. The van der Waals surface area contributed by atoms with Crippen molar-refractivity contribution in [3.05, 3.63) is 58.0 Å². The maximum absolute atomic E-state index is 11.9. The molecule has 6 heteroatoms. The van der Waals surface area contributed by atoms with Crippen LogP contribution in [-0.2, 0) is 0 Å². The summed E-state index contributed by atoms with van der Waals surface area (Å²) in [5.74, 6) is 0.186. The van der Waals surface area contributed by atoms with Gasteiger partial charge in [-0.25, -0.2) is 0 Å². The van der Waals surface area contributed by atoms with Crippen molar-refractivity contribution >= 4 is 29.1 Å². The number of hydrogen-bond acceptors (Lipinski definition) is 3. The molecule has 0 bridgehead atoms. The third-order valence-electron chi connectivity index (χ3n) is 2.70. The van der Waals surface area contributed by atoms with Crippen LogP contribution in [0.2, 0.25) is 10.0 Å². The first-order chi connectivity index (χ1) is 9.56. The van der Waals surface area contributed by atoms with E-state index in [2.05, 4.69) is 5.32 Å². The predicted octanol–water partition coefficient (Wildman–Crippen LogP) is 3.44. The zero-order chi connectivity index (χ0) is 14.5. The molecule has 1 aromatic carbocycles. The number of benzene rings is 1. The van der Waals surface area contributed by atoms with Crippen LogP contribution in [0.3, 0.4) is 0 Å². The Morgan fingerprint density at radius 1 is 1.30 bits per heavy atom. The van der Waals surface area contributed by atoms with Gasteiger partial charge in [0.05, 0.1) is 6.26 Å². The lowest BCUT2D eigenvalue weighted by molar-refractivity contribution is 0.0936. The van der Waals surface area contributed by atoms with Gasteiger partial charge in [0.25, 0.3) is 5.91 Å². The Labute approximate surface area is 126 Å². The molecule has 20 heavy (non-hydrogen) atoms. The van der Waals surface area contributed by atoms with Gasteiger partial charge in [0, 0.05) is 22.2 Å². The number of carbonyl (C=O) groups excluding carboxylic acids is 1. The number of amides is 1. The maximum atomic E-state index is 11.9. The Hall–Kier alpha value is -1.49. The highest BCUT2D eigenvalue weighted by atomic mass is 35.5. The molecule has 1 atom stereocenters. The summed E-state index contributed by atoms with van der Waals surface area (Å²) in [4.78, 5) is 11.9. The molecule has 0 aliphatic carbocycles. The van der Waals surface area contributed by atoms with E-state index in [0.29, 0.717) is 34.3 Å². The van der Waals surface area contributed by atoms with Crippen molar-refractivity contribution in [2.24, 2.45) is 0 Å². The molecule has 0 aliphatic heterocycles. The van der Waals surface area contributed by atoms with E-state index in [-0.39, 0.29) is 5.91 Å². The van der Waals surface area contributed by atoms with Gasteiger partial charge in [-0.1, -0.05) is 23.2 Å². The van der Waals surface area contributed by atoms with Crippen LogP contribution in [-0.4, -0.2) is 17.6 Å². The monoisotopic (exact) mass is 313 g/mol. The minimum absolute atomic E-state index is 0.291. The van der Waals surface area contributed by atoms with Crippen LogP contribution in [0, 0.1) is 0 Å². The van der Waals surface area contributed by atoms with E-state index in [1.165, 1.54) is 18.4 Å². The van der Waals surface area contributed by atoms with Gasteiger partial charge < -0.3 is 14.8 Å². The van der Waals surface area contributed by atoms with Crippen LogP contribution >= 0.6 is 23.2 Å². The van der Waals surface area contributed by atoms with Crippen molar-refractivity contribution in [3.63, 3.8) is 0 Å². The molecular formula is C14H13Cl2NO3. The molecule has 106 valence electrons. The van der Waals surface area contributed by atoms with Gasteiger partial charge in [-0.15, -0.1) is 0 Å². The third kappa shape index (κ3) is 4.00. The van der Waals surface area contributed by atoms with Crippen LogP contribution in [0.15, 0.2) is 41.0 Å². The first-order valence-electron chi connectivity index (χ1n) is 6.02. The van der Waals surface area contributed by atoms with Gasteiger partial charge in [-0.2, -0.15) is 0 Å². The van der Waals surface area contributed by atoms with Gasteiger partial charge in [-0.3, -0.25) is 4.79 Å². The molecule has 0 spiro atoms. The number of aliphatic hydroxyl groups excluding tert-OH is 1. The molecule has 2 rings (SSSR count). The van der Waals surface area contributed by atoms with Crippen molar-refractivity contribution in [1.29, 1.82) is 0 Å². The van der Waals surface area contributed by atoms with Gasteiger partial charge >= 0.3 is 0 Å². The van der Waals surface area contributed by atoms with Crippen LogP contribution < -0.4 is 5.32 Å². The Morgan fingerprint density at radius 2 is 2.00 bits per heavy atom. The summed E-state index contributed by atoms with van der Waals surface area (Å²) in [6.45, 7) is 0.310. The van der Waals surface area contributed by atoms with Crippen LogP contribution in [0.4, 0.5) is 0 Å². The summed E-state index contributed by atoms with van der Waals surface area (Å²) >= 11 is 11.7. The topological polar surface area (TPSA) is 62.5 Å². The highest BCUT2D eigenvalue weighted by Gasteiger charge is 2.12. The molecular weight excluding hydrogens is 301 g/mol. The van der Waals surface area contributed by atoms with Gasteiger partial charge in [0.1, 0.15) is 11.9 Å². The van der Waals surface area contributed by atoms with E-state index in [9.17, 15) is 9.90 Å². The smallest absolute Gasteiger partial charge is 0.251 e. The second kappa shape index (κ2) is 6.79. The number of rotatable bonds is 5. The van der Waals surface area contributed by atoms with E-state index >= 15 is 0 Å². The number of halogens is 2. The summed E-state index contributed by atoms with van der Waals surface area (Å²) in [7, 11) is 0. The molecule has 1 unspecified atom stereocenters. The van der Waals surface area contributed by atoms with Crippen molar-refractivity contribution in [2.45, 2.75) is 12.5 Å². The van der Waals surface area contributed by atoms with Crippen molar-refractivity contribution in [1.82, 2.24) is 5.32 Å². The molecule has 1 aromatic heterocycles. The van der Waals surface area contributed by atoms with Crippen LogP contribution in [0.1, 0.15) is 28.6 Å². The van der Waals surface area contributed by atoms with Crippen LogP contribution in [0.25, 0.3) is 0 Å². The van der Waals surface area contributed by atoms with Crippen molar-refractivity contribution < 1.29 is 14.3 Å². The van der Waals surface area contributed by atoms with E-state index in [1.807, 2.05) is 0 Å². The van der Waals surface area contributed by atoms with Gasteiger partial charge in [0.15, 0.2) is 0 Å². The molecule has 2 aromatic rings. The highest BCUT2D eigenvalue weighted by Crippen LogP contribution is 2.19. The number of aliphatic hydroxyl groups is 1. The van der Waals surface area contributed by atoms with Crippen LogP contribution in [0.5, 0.6) is 0 Å². The number of carbonyl (C=O) groups is 1. The average molecular weight is 314 g/mol. The molecule has 0 saturated heterocycles. The first-order valence-corrected chi connectivity index (χ1v) is 6.77. The number of nitrogens with one attached hydrogen (secondary N) is 1. The van der Waals surface area contributed by atoms with E-state index in [4.69, 9.17) is 27.6 Å². The van der Waals surface area contributed by atoms with Crippen molar-refractivity contribution in [3.8, 4) is 0 Å². The fourth-order valence-corrected chi connectivity index (χ4v) is 2.26. The minimum Gasteiger partial charge on any atom is -0.467 e. The highest BCUT2D eigenvalue weighted by molar-refractivity contribution is 6.35. The largest absolute Gasteiger partial charge is 0.467 e. The summed E-state index contributed by atoms with van der Waals surface area (Å²) < 4.78 is 5.07. The summed E-state index contributed by atoms with van der Waals surface area (Å²) in [5, 5.41) is 13.3. The molecule has 2 N–H and O–H groups in total. The SMILES string of the molecule is O=C(NCCC(O)c1ccco1)c1cc(Cl)cc(Cl)c1. The molecule has 0 fully saturated rings. The molecule has 0 aliphatic rings. The fraction of sp³-hybridized carbons (Fsp3) is 0.214. The second-order valence-corrected chi connectivity index (χ2v) is 5.11. The lowest BCUT2D eigenvalue weighted by Crippen LogP contribution is -2.25. The molecule has 1 heterocycles. The Bertz CT molecular complexity index is 564. The number of furan rings is 1. The molecule has 0 saturated carbocycles. The summed E-state index contributed by atoms with van der Waals surface area (Å²) in [6.07, 6.45) is 1.10.